The van der Waals surface area contributed by atoms with E-state index >= 15 is 0 Å². The van der Waals surface area contributed by atoms with Gasteiger partial charge >= 0.3 is 0 Å². The van der Waals surface area contributed by atoms with Crippen molar-refractivity contribution in [2.24, 2.45) is 5.10 Å². The molecule has 0 radical (unpaired) electrons. The molecule has 120 valence electrons. The molecule has 0 heterocycles. The Hall–Kier alpha value is -2.17. The Morgan fingerprint density at radius 1 is 1.05 bits per heavy atom. The minimum atomic E-state index is -0.248. The number of unbranched alkanes of at least 4 members (excludes halogenated alkanes) is 1. The molecule has 0 bridgehead atoms. The maximum absolute atomic E-state index is 12.0. The summed E-state index contributed by atoms with van der Waals surface area (Å²) in [5, 5.41) is 6.86. The summed E-state index contributed by atoms with van der Waals surface area (Å²) in [6.07, 6.45) is 4.36. The van der Waals surface area contributed by atoms with Crippen molar-refractivity contribution < 1.29 is 9.59 Å². The van der Waals surface area contributed by atoms with Crippen LogP contribution in [-0.4, -0.2) is 17.5 Å². The number of anilines is 1. The molecule has 0 aliphatic heterocycles. The van der Waals surface area contributed by atoms with Crippen LogP contribution in [0.4, 0.5) is 5.69 Å². The van der Waals surface area contributed by atoms with Crippen LogP contribution in [0.25, 0.3) is 0 Å². The predicted molar refractivity (Wildman–Crippen MR) is 90.1 cm³/mol. The van der Waals surface area contributed by atoms with Crippen LogP contribution in [0.15, 0.2) is 29.4 Å². The third-order valence-electron chi connectivity index (χ3n) is 3.15. The molecule has 22 heavy (non-hydrogen) atoms. The molecule has 0 unspecified atom stereocenters. The number of carbonyl (C=O) groups excluding carboxylic acids is 2. The zero-order chi connectivity index (χ0) is 16.4. The Morgan fingerprint density at radius 3 is 2.32 bits per heavy atom. The van der Waals surface area contributed by atoms with E-state index in [2.05, 4.69) is 22.8 Å². The van der Waals surface area contributed by atoms with Gasteiger partial charge in [-0.25, -0.2) is 5.43 Å². The molecule has 0 aliphatic rings. The predicted octanol–water partition coefficient (Wildman–Crippen LogP) is 3.72. The van der Waals surface area contributed by atoms with Crippen LogP contribution in [0.1, 0.15) is 63.2 Å². The highest BCUT2D eigenvalue weighted by Crippen LogP contribution is 2.10. The monoisotopic (exact) mass is 303 g/mol. The SMILES string of the molecule is CCCCC(C)=NNC(=O)c1ccc(NC(=O)CCC)cc1. The lowest BCUT2D eigenvalue weighted by molar-refractivity contribution is -0.116. The molecule has 0 aromatic heterocycles. The number of hydrogen-bond acceptors (Lipinski definition) is 3. The molecule has 1 aromatic carbocycles. The van der Waals surface area contributed by atoms with Gasteiger partial charge in [0.1, 0.15) is 0 Å². The minimum absolute atomic E-state index is 0.0177. The molecule has 1 aromatic rings. The Kier molecular flexibility index (Phi) is 7.89. The second-order valence-corrected chi connectivity index (χ2v) is 5.27. The Bertz CT molecular complexity index is 521. The van der Waals surface area contributed by atoms with Crippen LogP contribution >= 0.6 is 0 Å². The molecule has 0 fully saturated rings. The van der Waals surface area contributed by atoms with Gasteiger partial charge in [0, 0.05) is 23.4 Å². The van der Waals surface area contributed by atoms with E-state index in [4.69, 9.17) is 0 Å². The molecular weight excluding hydrogens is 278 g/mol. The van der Waals surface area contributed by atoms with E-state index in [0.29, 0.717) is 17.7 Å². The fraction of sp³-hybridized carbons (Fsp3) is 0.471. The number of nitrogens with one attached hydrogen (secondary N) is 2. The van der Waals surface area contributed by atoms with Gasteiger partial charge in [0.2, 0.25) is 5.91 Å². The molecule has 0 saturated heterocycles. The van der Waals surface area contributed by atoms with Crippen LogP contribution in [-0.2, 0) is 4.79 Å². The van der Waals surface area contributed by atoms with Gasteiger partial charge < -0.3 is 5.32 Å². The number of amides is 2. The number of nitrogens with zero attached hydrogens (tertiary/aromatic N) is 1. The summed E-state index contributed by atoms with van der Waals surface area (Å²) in [5.41, 5.74) is 4.67. The summed E-state index contributed by atoms with van der Waals surface area (Å²) in [5.74, 6) is -0.266. The van der Waals surface area contributed by atoms with Crippen molar-refractivity contribution in [3.05, 3.63) is 29.8 Å². The normalized spacial score (nSPS) is 11.1. The van der Waals surface area contributed by atoms with Crippen molar-refractivity contribution in [1.82, 2.24) is 5.43 Å². The minimum Gasteiger partial charge on any atom is -0.326 e. The summed E-state index contributed by atoms with van der Waals surface area (Å²) in [7, 11) is 0. The number of hydrogen-bond donors (Lipinski definition) is 2. The second kappa shape index (κ2) is 9.71. The number of benzene rings is 1. The molecule has 0 aliphatic carbocycles. The van der Waals surface area contributed by atoms with Crippen LogP contribution in [0.3, 0.4) is 0 Å². The summed E-state index contributed by atoms with van der Waals surface area (Å²) in [6.45, 7) is 5.98. The van der Waals surface area contributed by atoms with Gasteiger partial charge in [0.05, 0.1) is 0 Å². The standard InChI is InChI=1S/C17H25N3O2/c1-4-6-8-13(3)19-20-17(22)14-9-11-15(12-10-14)18-16(21)7-5-2/h9-12H,4-8H2,1-3H3,(H,18,21)(H,20,22). The Balaban J connectivity index is 2.55. The molecular formula is C17H25N3O2. The Morgan fingerprint density at radius 2 is 1.73 bits per heavy atom. The van der Waals surface area contributed by atoms with E-state index in [1.165, 1.54) is 0 Å². The lowest BCUT2D eigenvalue weighted by atomic mass is 10.2. The summed E-state index contributed by atoms with van der Waals surface area (Å²) in [4.78, 5) is 23.4. The van der Waals surface area contributed by atoms with Crippen LogP contribution < -0.4 is 10.7 Å². The van der Waals surface area contributed by atoms with Crippen molar-refractivity contribution in [1.29, 1.82) is 0 Å². The first-order valence-corrected chi connectivity index (χ1v) is 7.80. The van der Waals surface area contributed by atoms with E-state index in [9.17, 15) is 9.59 Å². The van der Waals surface area contributed by atoms with E-state index < -0.39 is 0 Å². The summed E-state index contributed by atoms with van der Waals surface area (Å²) < 4.78 is 0. The molecule has 5 nitrogen and oxygen atoms in total. The molecule has 5 heteroatoms. The number of rotatable bonds is 8. The average Bonchev–Trinajstić information content (AvgIpc) is 2.51. The van der Waals surface area contributed by atoms with Crippen LogP contribution in [0, 0.1) is 0 Å². The van der Waals surface area contributed by atoms with Gasteiger partial charge in [-0.05, 0) is 50.5 Å². The highest BCUT2D eigenvalue weighted by atomic mass is 16.2. The van der Waals surface area contributed by atoms with Gasteiger partial charge in [0.25, 0.3) is 5.91 Å². The van der Waals surface area contributed by atoms with Gasteiger partial charge in [-0.3, -0.25) is 9.59 Å². The lowest BCUT2D eigenvalue weighted by Crippen LogP contribution is -2.19. The maximum Gasteiger partial charge on any atom is 0.271 e. The fourth-order valence-corrected chi connectivity index (χ4v) is 1.85. The molecule has 2 amide bonds. The molecule has 2 N–H and O–H groups in total. The van der Waals surface area contributed by atoms with Gasteiger partial charge in [-0.15, -0.1) is 0 Å². The molecule has 0 spiro atoms. The zero-order valence-corrected chi connectivity index (χ0v) is 13.6. The van der Waals surface area contributed by atoms with Crippen molar-refractivity contribution in [3.8, 4) is 0 Å². The fourth-order valence-electron chi connectivity index (χ4n) is 1.85. The van der Waals surface area contributed by atoms with Crippen molar-refractivity contribution in [2.45, 2.75) is 52.9 Å². The molecule has 0 saturated carbocycles. The zero-order valence-electron chi connectivity index (χ0n) is 13.6. The van der Waals surface area contributed by atoms with E-state index in [-0.39, 0.29) is 11.8 Å². The van der Waals surface area contributed by atoms with Crippen molar-refractivity contribution in [2.75, 3.05) is 5.32 Å². The average molecular weight is 303 g/mol. The smallest absolute Gasteiger partial charge is 0.271 e. The largest absolute Gasteiger partial charge is 0.326 e. The lowest BCUT2D eigenvalue weighted by Gasteiger charge is -2.06. The number of hydrazone groups is 1. The first kappa shape index (κ1) is 17.9. The van der Waals surface area contributed by atoms with Crippen LogP contribution in [0.2, 0.25) is 0 Å². The molecule has 0 atom stereocenters. The highest BCUT2D eigenvalue weighted by Gasteiger charge is 2.06. The highest BCUT2D eigenvalue weighted by molar-refractivity contribution is 5.96. The third-order valence-corrected chi connectivity index (χ3v) is 3.15. The van der Waals surface area contributed by atoms with Crippen molar-refractivity contribution >= 4 is 23.2 Å². The van der Waals surface area contributed by atoms with E-state index in [1.807, 2.05) is 13.8 Å². The van der Waals surface area contributed by atoms with Gasteiger partial charge in [0.15, 0.2) is 0 Å². The number of carbonyl (C=O) groups is 2. The van der Waals surface area contributed by atoms with E-state index in [0.717, 1.165) is 31.4 Å². The summed E-state index contributed by atoms with van der Waals surface area (Å²) in [6, 6.07) is 6.79. The van der Waals surface area contributed by atoms with Crippen LogP contribution in [0.5, 0.6) is 0 Å². The third kappa shape index (κ3) is 6.52. The topological polar surface area (TPSA) is 70.6 Å². The first-order chi connectivity index (χ1) is 10.6. The molecule has 1 rings (SSSR count). The van der Waals surface area contributed by atoms with Crippen molar-refractivity contribution in [3.63, 3.8) is 0 Å². The quantitative estimate of drug-likeness (QED) is 0.567. The van der Waals surface area contributed by atoms with Gasteiger partial charge in [-0.2, -0.15) is 5.10 Å². The first-order valence-electron chi connectivity index (χ1n) is 7.80. The van der Waals surface area contributed by atoms with E-state index in [1.54, 1.807) is 24.3 Å². The maximum atomic E-state index is 12.0. The Labute approximate surface area is 132 Å². The van der Waals surface area contributed by atoms with Gasteiger partial charge in [-0.1, -0.05) is 20.3 Å². The summed E-state index contributed by atoms with van der Waals surface area (Å²) >= 11 is 0. The second-order valence-electron chi connectivity index (χ2n) is 5.27.